The number of fused-ring (bicyclic) bond motifs is 5. The smallest absolute Gasteiger partial charge is 0.410 e. The molecule has 5 aliphatic rings. The second kappa shape index (κ2) is 14.4. The van der Waals surface area contributed by atoms with E-state index in [1.54, 1.807) is 23.1 Å². The Morgan fingerprint density at radius 2 is 1.64 bits per heavy atom. The Balaban J connectivity index is 0.926. The molecule has 0 aromatic heterocycles. The van der Waals surface area contributed by atoms with Crippen LogP contribution in [0.15, 0.2) is 18.2 Å². The summed E-state index contributed by atoms with van der Waals surface area (Å²) in [5.74, 6) is 3.48. The molecular formula is C38H56Cl2N2O5. The average Bonchev–Trinajstić information content (AvgIpc) is 3.39. The molecule has 7 nitrogen and oxygen atoms in total. The summed E-state index contributed by atoms with van der Waals surface area (Å²) in [5.41, 5.74) is 1.24. The van der Waals surface area contributed by atoms with Crippen LogP contribution in [0.4, 0.5) is 4.79 Å². The van der Waals surface area contributed by atoms with E-state index in [2.05, 4.69) is 26.1 Å². The van der Waals surface area contributed by atoms with E-state index in [-0.39, 0.29) is 41.6 Å². The lowest BCUT2D eigenvalue weighted by Gasteiger charge is -2.62. The van der Waals surface area contributed by atoms with Gasteiger partial charge in [-0.3, -0.25) is 4.79 Å². The van der Waals surface area contributed by atoms with Crippen molar-refractivity contribution in [1.82, 2.24) is 10.2 Å². The van der Waals surface area contributed by atoms with Gasteiger partial charge >= 0.3 is 6.09 Å². The first kappa shape index (κ1) is 35.3. The predicted molar refractivity (Wildman–Crippen MR) is 185 cm³/mol. The third-order valence-electron chi connectivity index (χ3n) is 14.0. The van der Waals surface area contributed by atoms with Crippen LogP contribution in [0.1, 0.15) is 103 Å². The van der Waals surface area contributed by atoms with Gasteiger partial charge < -0.3 is 25.2 Å². The van der Waals surface area contributed by atoms with Gasteiger partial charge in [0.25, 0.3) is 0 Å². The molecule has 0 unspecified atom stereocenters. The first-order valence-electron chi connectivity index (χ1n) is 18.4. The predicted octanol–water partition coefficient (Wildman–Crippen LogP) is 7.87. The van der Waals surface area contributed by atoms with Gasteiger partial charge in [0.1, 0.15) is 6.61 Å². The number of amides is 2. The van der Waals surface area contributed by atoms with Crippen molar-refractivity contribution >= 4 is 35.2 Å². The molecule has 5 fully saturated rings. The number of nitrogens with one attached hydrogen (secondary N) is 1. The number of halogens is 2. The topological polar surface area (TPSA) is 99.1 Å². The molecule has 1 aromatic carbocycles. The molecule has 1 aromatic rings. The van der Waals surface area contributed by atoms with E-state index in [9.17, 15) is 19.8 Å². The van der Waals surface area contributed by atoms with Crippen LogP contribution in [0.5, 0.6) is 0 Å². The SMILES string of the molecule is C[C@H](CCC(=O)NCC1CCN(C(=O)OCc2cc(Cl)cc(Cl)c2)CC1)[C@H]1CC[C@H]2[C@@H]3[C@@H](O)C[C@@H]4C[C@H](O)CC[C@]4(C)[C@H]3CC[C@]12C. The van der Waals surface area contributed by atoms with Gasteiger partial charge in [-0.05, 0) is 147 Å². The molecular weight excluding hydrogens is 635 g/mol. The number of hydrogen-bond acceptors (Lipinski definition) is 5. The number of ether oxygens (including phenoxy) is 1. The lowest BCUT2D eigenvalue weighted by atomic mass is 9.43. The minimum atomic E-state index is -0.334. The largest absolute Gasteiger partial charge is 0.445 e. The van der Waals surface area contributed by atoms with E-state index in [0.29, 0.717) is 77.5 Å². The van der Waals surface area contributed by atoms with Crippen molar-refractivity contribution in [2.45, 2.75) is 117 Å². The molecule has 4 aliphatic carbocycles. The number of likely N-dealkylation sites (tertiary alicyclic amines) is 1. The standard InChI is InChI=1S/C38H56Cl2N2O5/c1-23(30-5-6-31-35-32(9-13-38(30,31)3)37(2)12-8-29(43)18-26(37)19-33(35)44)4-7-34(45)41-21-24-10-14-42(15-11-24)36(46)47-22-25-16-27(39)20-28(40)17-25/h16-17,20,23-24,26,29-33,35,43-44H,4-15,18-19,21-22H2,1-3H3,(H,41,45)/t23-,26+,29-,30-,31+,32+,33+,35+,37+,38-/m1/s1. The number of carbonyl (C=O) groups excluding carboxylic acids is 2. The van der Waals surface area contributed by atoms with Crippen molar-refractivity contribution in [3.8, 4) is 0 Å². The Hall–Kier alpha value is -1.54. The summed E-state index contributed by atoms with van der Waals surface area (Å²) in [6.07, 6.45) is 10.9. The molecule has 6 rings (SSSR count). The molecule has 0 spiro atoms. The number of benzene rings is 1. The van der Waals surface area contributed by atoms with Gasteiger partial charge in [0.05, 0.1) is 12.2 Å². The second-order valence-electron chi connectivity index (χ2n) is 16.5. The number of piperidine rings is 1. The fraction of sp³-hybridized carbons (Fsp3) is 0.789. The third-order valence-corrected chi connectivity index (χ3v) is 14.4. The summed E-state index contributed by atoms with van der Waals surface area (Å²) >= 11 is 12.1. The van der Waals surface area contributed by atoms with Crippen molar-refractivity contribution in [3.63, 3.8) is 0 Å². The van der Waals surface area contributed by atoms with E-state index >= 15 is 0 Å². The Kier molecular flexibility index (Phi) is 10.8. The highest BCUT2D eigenvalue weighted by Crippen LogP contribution is 2.68. The van der Waals surface area contributed by atoms with E-state index in [0.717, 1.165) is 50.5 Å². The lowest BCUT2D eigenvalue weighted by molar-refractivity contribution is -0.174. The Labute approximate surface area is 291 Å². The molecule has 1 saturated heterocycles. The molecule has 0 radical (unpaired) electrons. The van der Waals surface area contributed by atoms with Crippen molar-refractivity contribution in [3.05, 3.63) is 33.8 Å². The number of nitrogens with zero attached hydrogens (tertiary/aromatic N) is 1. The fourth-order valence-electron chi connectivity index (χ4n) is 11.3. The summed E-state index contributed by atoms with van der Waals surface area (Å²) in [5, 5.41) is 26.1. The van der Waals surface area contributed by atoms with Crippen LogP contribution in [0.3, 0.4) is 0 Å². The third kappa shape index (κ3) is 7.35. The van der Waals surface area contributed by atoms with Gasteiger partial charge in [-0.1, -0.05) is 44.0 Å². The zero-order valence-corrected chi connectivity index (χ0v) is 30.1. The molecule has 9 heteroatoms. The monoisotopic (exact) mass is 690 g/mol. The Bertz CT molecular complexity index is 1270. The highest BCUT2D eigenvalue weighted by atomic mass is 35.5. The second-order valence-corrected chi connectivity index (χ2v) is 17.4. The maximum absolute atomic E-state index is 13.0. The highest BCUT2D eigenvalue weighted by molar-refractivity contribution is 6.34. The zero-order chi connectivity index (χ0) is 33.5. The summed E-state index contributed by atoms with van der Waals surface area (Å²) in [7, 11) is 0. The van der Waals surface area contributed by atoms with E-state index in [1.165, 1.54) is 25.7 Å². The first-order chi connectivity index (χ1) is 22.4. The minimum Gasteiger partial charge on any atom is -0.445 e. The van der Waals surface area contributed by atoms with Crippen LogP contribution < -0.4 is 5.32 Å². The van der Waals surface area contributed by atoms with E-state index < -0.39 is 0 Å². The van der Waals surface area contributed by atoms with Crippen molar-refractivity contribution in [2.24, 2.45) is 52.3 Å². The number of aliphatic hydroxyl groups is 2. The molecule has 262 valence electrons. The number of aliphatic hydroxyl groups excluding tert-OH is 2. The lowest BCUT2D eigenvalue weighted by Crippen LogP contribution is -2.58. The van der Waals surface area contributed by atoms with Crippen LogP contribution in [-0.4, -0.2) is 59.0 Å². The number of rotatable bonds is 8. The van der Waals surface area contributed by atoms with Gasteiger partial charge in [0.15, 0.2) is 0 Å². The highest BCUT2D eigenvalue weighted by Gasteiger charge is 2.62. The first-order valence-corrected chi connectivity index (χ1v) is 19.1. The molecule has 0 bridgehead atoms. The van der Waals surface area contributed by atoms with Gasteiger partial charge in [-0.25, -0.2) is 4.79 Å². The molecule has 1 aliphatic heterocycles. The summed E-state index contributed by atoms with van der Waals surface area (Å²) in [4.78, 5) is 27.3. The van der Waals surface area contributed by atoms with Gasteiger partial charge in [0, 0.05) is 36.1 Å². The zero-order valence-electron chi connectivity index (χ0n) is 28.6. The Morgan fingerprint density at radius 1 is 0.957 bits per heavy atom. The molecule has 2 amide bonds. The molecule has 47 heavy (non-hydrogen) atoms. The van der Waals surface area contributed by atoms with Gasteiger partial charge in [0.2, 0.25) is 5.91 Å². The molecule has 4 saturated carbocycles. The van der Waals surface area contributed by atoms with Gasteiger partial charge in [-0.15, -0.1) is 0 Å². The maximum atomic E-state index is 13.0. The number of carbonyl (C=O) groups is 2. The Morgan fingerprint density at radius 3 is 2.36 bits per heavy atom. The minimum absolute atomic E-state index is 0.128. The van der Waals surface area contributed by atoms with Crippen LogP contribution in [0, 0.1) is 52.3 Å². The normalized spacial score (nSPS) is 37.8. The van der Waals surface area contributed by atoms with E-state index in [4.69, 9.17) is 27.9 Å². The van der Waals surface area contributed by atoms with Crippen LogP contribution >= 0.6 is 23.2 Å². The van der Waals surface area contributed by atoms with Crippen LogP contribution in [-0.2, 0) is 16.1 Å². The summed E-state index contributed by atoms with van der Waals surface area (Å²) in [6, 6.07) is 5.13. The van der Waals surface area contributed by atoms with Crippen molar-refractivity contribution < 1.29 is 24.5 Å². The maximum Gasteiger partial charge on any atom is 0.410 e. The molecule has 3 N–H and O–H groups in total. The fourth-order valence-corrected chi connectivity index (χ4v) is 11.9. The molecule has 10 atom stereocenters. The quantitative estimate of drug-likeness (QED) is 0.258. The van der Waals surface area contributed by atoms with Crippen molar-refractivity contribution in [2.75, 3.05) is 19.6 Å². The summed E-state index contributed by atoms with van der Waals surface area (Å²) in [6.45, 7) is 9.34. The molecule has 1 heterocycles. The van der Waals surface area contributed by atoms with E-state index in [1.807, 2.05) is 0 Å². The van der Waals surface area contributed by atoms with Crippen LogP contribution in [0.25, 0.3) is 0 Å². The summed E-state index contributed by atoms with van der Waals surface area (Å²) < 4.78 is 5.49. The number of hydrogen-bond donors (Lipinski definition) is 3. The average molecular weight is 692 g/mol. The van der Waals surface area contributed by atoms with Crippen LogP contribution in [0.2, 0.25) is 10.0 Å². The van der Waals surface area contributed by atoms with Crippen molar-refractivity contribution in [1.29, 1.82) is 0 Å². The van der Waals surface area contributed by atoms with Gasteiger partial charge in [-0.2, -0.15) is 0 Å².